The minimum absolute atomic E-state index is 0. The molecule has 2 aromatic carbocycles. The number of aromatic nitrogens is 2. The van der Waals surface area contributed by atoms with Crippen LogP contribution in [-0.4, -0.2) is 9.97 Å². The molecule has 0 fully saturated rings. The summed E-state index contributed by atoms with van der Waals surface area (Å²) in [7, 11) is 0. The molecule has 0 radical (unpaired) electrons. The molecule has 3 nitrogen and oxygen atoms in total. The molecule has 0 atom stereocenters. The molecule has 1 heterocycles. The quantitative estimate of drug-likeness (QED) is 0.493. The third-order valence-corrected chi connectivity index (χ3v) is 4.57. The van der Waals surface area contributed by atoms with Gasteiger partial charge in [-0.15, -0.1) is 12.4 Å². The van der Waals surface area contributed by atoms with Gasteiger partial charge in [0.1, 0.15) is 0 Å². The largest absolute Gasteiger partial charge is 0.369 e. The van der Waals surface area contributed by atoms with E-state index in [2.05, 4.69) is 65.4 Å². The summed E-state index contributed by atoms with van der Waals surface area (Å²) in [5.74, 6) is 0.476. The van der Waals surface area contributed by atoms with E-state index in [9.17, 15) is 0 Å². The van der Waals surface area contributed by atoms with Gasteiger partial charge in [-0.1, -0.05) is 80.8 Å². The second-order valence-corrected chi connectivity index (χ2v) is 6.62. The van der Waals surface area contributed by atoms with E-state index < -0.39 is 0 Å². The van der Waals surface area contributed by atoms with E-state index in [0.717, 1.165) is 29.8 Å². The Hall–Kier alpha value is -2.26. The first kappa shape index (κ1) is 20.1. The van der Waals surface area contributed by atoms with Gasteiger partial charge in [-0.2, -0.15) is 0 Å². The minimum atomic E-state index is 0. The lowest BCUT2D eigenvalue weighted by Gasteiger charge is -2.06. The van der Waals surface area contributed by atoms with E-state index in [-0.39, 0.29) is 12.4 Å². The molecule has 138 valence electrons. The first-order valence-corrected chi connectivity index (χ1v) is 9.24. The van der Waals surface area contributed by atoms with Gasteiger partial charge in [-0.05, 0) is 24.0 Å². The van der Waals surface area contributed by atoms with Crippen LogP contribution < -0.4 is 5.73 Å². The predicted octanol–water partition coefficient (Wildman–Crippen LogP) is 5.79. The molecular formula is C22H28ClN3. The van der Waals surface area contributed by atoms with Crippen molar-refractivity contribution in [1.82, 2.24) is 9.97 Å². The molecule has 0 spiro atoms. The molecule has 0 aliphatic heterocycles. The van der Waals surface area contributed by atoms with E-state index in [4.69, 9.17) is 5.73 Å². The second kappa shape index (κ2) is 10.0. The second-order valence-electron chi connectivity index (χ2n) is 6.62. The molecule has 1 aromatic heterocycles. The van der Waals surface area contributed by atoms with Gasteiger partial charge in [-0.25, -0.2) is 4.98 Å². The van der Waals surface area contributed by atoms with Crippen molar-refractivity contribution in [2.75, 3.05) is 5.73 Å². The number of rotatable bonds is 8. The van der Waals surface area contributed by atoms with Crippen LogP contribution in [0.15, 0.2) is 54.6 Å². The molecule has 0 saturated carbocycles. The van der Waals surface area contributed by atoms with Gasteiger partial charge < -0.3 is 10.7 Å². The van der Waals surface area contributed by atoms with Crippen LogP contribution in [0.1, 0.15) is 49.4 Å². The fourth-order valence-electron chi connectivity index (χ4n) is 3.18. The van der Waals surface area contributed by atoms with Crippen LogP contribution in [0.4, 0.5) is 5.95 Å². The summed E-state index contributed by atoms with van der Waals surface area (Å²) < 4.78 is 0. The molecule has 26 heavy (non-hydrogen) atoms. The molecule has 0 unspecified atom stereocenters. The van der Waals surface area contributed by atoms with Gasteiger partial charge >= 0.3 is 0 Å². The van der Waals surface area contributed by atoms with Gasteiger partial charge in [0.15, 0.2) is 5.95 Å². The summed E-state index contributed by atoms with van der Waals surface area (Å²) >= 11 is 0. The Balaban J connectivity index is 0.00000243. The van der Waals surface area contributed by atoms with Gasteiger partial charge in [-0.3, -0.25) is 0 Å². The number of nitrogens with one attached hydrogen (secondary N) is 1. The highest BCUT2D eigenvalue weighted by atomic mass is 35.5. The molecule has 0 aliphatic carbocycles. The van der Waals surface area contributed by atoms with Crippen LogP contribution >= 0.6 is 12.4 Å². The summed E-state index contributed by atoms with van der Waals surface area (Å²) in [5.41, 5.74) is 11.7. The Labute approximate surface area is 162 Å². The van der Waals surface area contributed by atoms with Crippen LogP contribution in [0.3, 0.4) is 0 Å². The van der Waals surface area contributed by atoms with Crippen molar-refractivity contribution in [3.63, 3.8) is 0 Å². The number of hydrogen-bond donors (Lipinski definition) is 2. The van der Waals surface area contributed by atoms with E-state index >= 15 is 0 Å². The highest BCUT2D eigenvalue weighted by Gasteiger charge is 2.11. The first-order chi connectivity index (χ1) is 12.3. The Morgan fingerprint density at radius 2 is 1.62 bits per heavy atom. The number of benzene rings is 2. The van der Waals surface area contributed by atoms with Crippen molar-refractivity contribution in [3.8, 4) is 11.3 Å². The van der Waals surface area contributed by atoms with E-state index in [1.807, 2.05) is 6.07 Å². The molecule has 0 bridgehead atoms. The van der Waals surface area contributed by atoms with Gasteiger partial charge in [0.25, 0.3) is 0 Å². The number of hydrogen-bond acceptors (Lipinski definition) is 2. The standard InChI is InChI=1S/C22H27N3.ClH/c1-2-3-4-6-9-17-12-14-19(15-13-17)21-20(24-22(23)25-21)16-18-10-7-5-8-11-18;/h5,7-8,10-15H,2-4,6,9,16H2,1H3,(H3,23,24,25);1H. The van der Waals surface area contributed by atoms with Gasteiger partial charge in [0.2, 0.25) is 0 Å². The van der Waals surface area contributed by atoms with Crippen LogP contribution in [0.25, 0.3) is 11.3 Å². The molecular weight excluding hydrogens is 342 g/mol. The SMILES string of the molecule is CCCCCCc1ccc(-c2nc(N)[nH]c2Cc2ccccc2)cc1.Cl. The number of aromatic amines is 1. The summed E-state index contributed by atoms with van der Waals surface area (Å²) in [6.07, 6.45) is 7.15. The zero-order chi connectivity index (χ0) is 17.5. The van der Waals surface area contributed by atoms with Gasteiger partial charge in [0.05, 0.1) is 5.69 Å². The third-order valence-electron chi connectivity index (χ3n) is 4.57. The Bertz CT molecular complexity index is 779. The van der Waals surface area contributed by atoms with Crippen LogP contribution in [-0.2, 0) is 12.8 Å². The number of anilines is 1. The lowest BCUT2D eigenvalue weighted by molar-refractivity contribution is 0.667. The average molecular weight is 370 g/mol. The smallest absolute Gasteiger partial charge is 0.198 e. The Kier molecular flexibility index (Phi) is 7.73. The summed E-state index contributed by atoms with van der Waals surface area (Å²) in [6, 6.07) is 19.2. The summed E-state index contributed by atoms with van der Waals surface area (Å²) in [6.45, 7) is 2.25. The Morgan fingerprint density at radius 1 is 0.885 bits per heavy atom. The van der Waals surface area contributed by atoms with Gasteiger partial charge in [0, 0.05) is 17.7 Å². The number of nitrogens with zero attached hydrogens (tertiary/aromatic N) is 1. The molecule has 4 heteroatoms. The van der Waals surface area contributed by atoms with Crippen LogP contribution in [0.2, 0.25) is 0 Å². The Morgan fingerprint density at radius 3 is 2.31 bits per heavy atom. The maximum atomic E-state index is 5.93. The number of aryl methyl sites for hydroxylation is 1. The number of unbranched alkanes of at least 4 members (excludes halogenated alkanes) is 3. The first-order valence-electron chi connectivity index (χ1n) is 9.24. The van der Waals surface area contributed by atoms with E-state index in [1.54, 1.807) is 0 Å². The van der Waals surface area contributed by atoms with Crippen molar-refractivity contribution >= 4 is 18.4 Å². The number of nitrogen functional groups attached to an aromatic ring is 1. The topological polar surface area (TPSA) is 54.7 Å². The van der Waals surface area contributed by atoms with Crippen molar-refractivity contribution in [2.24, 2.45) is 0 Å². The summed E-state index contributed by atoms with van der Waals surface area (Å²) in [4.78, 5) is 7.74. The average Bonchev–Trinajstić information content (AvgIpc) is 3.00. The lowest BCUT2D eigenvalue weighted by Crippen LogP contribution is -1.92. The molecule has 3 rings (SSSR count). The van der Waals surface area contributed by atoms with Crippen LogP contribution in [0.5, 0.6) is 0 Å². The lowest BCUT2D eigenvalue weighted by atomic mass is 10.0. The number of imidazole rings is 1. The maximum Gasteiger partial charge on any atom is 0.198 e. The highest BCUT2D eigenvalue weighted by molar-refractivity contribution is 5.85. The van der Waals surface area contributed by atoms with Crippen LogP contribution in [0, 0.1) is 0 Å². The minimum Gasteiger partial charge on any atom is -0.369 e. The number of nitrogens with two attached hydrogens (primary N) is 1. The molecule has 0 saturated heterocycles. The summed E-state index contributed by atoms with van der Waals surface area (Å²) in [5, 5.41) is 0. The zero-order valence-electron chi connectivity index (χ0n) is 15.4. The molecule has 0 amide bonds. The maximum absolute atomic E-state index is 5.93. The zero-order valence-corrected chi connectivity index (χ0v) is 16.2. The van der Waals surface area contributed by atoms with E-state index in [0.29, 0.717) is 5.95 Å². The fourth-order valence-corrected chi connectivity index (χ4v) is 3.18. The van der Waals surface area contributed by atoms with Crippen molar-refractivity contribution in [1.29, 1.82) is 0 Å². The highest BCUT2D eigenvalue weighted by Crippen LogP contribution is 2.25. The number of halogens is 1. The number of H-pyrrole nitrogens is 1. The normalized spacial score (nSPS) is 10.5. The molecule has 3 aromatic rings. The van der Waals surface area contributed by atoms with E-state index in [1.165, 1.54) is 36.8 Å². The van der Waals surface area contributed by atoms with Crippen molar-refractivity contribution < 1.29 is 0 Å². The molecule has 0 aliphatic rings. The van der Waals surface area contributed by atoms with Crippen molar-refractivity contribution in [3.05, 3.63) is 71.4 Å². The monoisotopic (exact) mass is 369 g/mol. The van der Waals surface area contributed by atoms with Crippen molar-refractivity contribution in [2.45, 2.75) is 45.4 Å². The predicted molar refractivity (Wildman–Crippen MR) is 113 cm³/mol. The fraction of sp³-hybridized carbons (Fsp3) is 0.318. The molecule has 3 N–H and O–H groups in total. The third kappa shape index (κ3) is 5.37.